The molecule has 0 spiro atoms. The molecule has 2 unspecified atom stereocenters. The summed E-state index contributed by atoms with van der Waals surface area (Å²) in [6.07, 6.45) is 3.10. The lowest BCUT2D eigenvalue weighted by atomic mass is 9.98. The fraction of sp³-hybridized carbons (Fsp3) is 0.262. The summed E-state index contributed by atoms with van der Waals surface area (Å²) in [5.74, 6) is -2.80. The Morgan fingerprint density at radius 1 is 0.727 bits per heavy atom. The lowest BCUT2D eigenvalue weighted by Crippen LogP contribution is -2.58. The lowest BCUT2D eigenvalue weighted by Gasteiger charge is -2.27. The zero-order valence-electron chi connectivity index (χ0n) is 30.1. The van der Waals surface area contributed by atoms with Crippen LogP contribution < -0.4 is 30.7 Å². The van der Waals surface area contributed by atoms with Crippen LogP contribution in [0.4, 0.5) is 0 Å². The van der Waals surface area contributed by atoms with Crippen molar-refractivity contribution in [3.63, 3.8) is 0 Å². The van der Waals surface area contributed by atoms with E-state index in [-0.39, 0.29) is 23.7 Å². The van der Waals surface area contributed by atoms with E-state index in [0.717, 1.165) is 28.0 Å². The first-order valence-corrected chi connectivity index (χ1v) is 18.8. The first-order chi connectivity index (χ1) is 26.6. The van der Waals surface area contributed by atoms with Crippen molar-refractivity contribution in [3.05, 3.63) is 131 Å². The molecule has 55 heavy (non-hydrogen) atoms. The number of methoxy groups -OCH3 is 1. The van der Waals surface area contributed by atoms with Gasteiger partial charge < -0.3 is 35.8 Å². The Morgan fingerprint density at radius 2 is 1.31 bits per heavy atom. The molecule has 3 heterocycles. The molecule has 3 aliphatic rings. The third-order valence-corrected chi connectivity index (χ3v) is 10.5. The highest BCUT2D eigenvalue weighted by Crippen LogP contribution is 2.28. The molecular weight excluding hydrogens is 721 g/mol. The van der Waals surface area contributed by atoms with Crippen LogP contribution in [-0.4, -0.2) is 71.8 Å². The van der Waals surface area contributed by atoms with Crippen LogP contribution in [0, 0.1) is 0 Å². The maximum absolute atomic E-state index is 14.3. The number of hydrogen-bond donors (Lipinski definition) is 5. The molecule has 12 nitrogen and oxygen atoms in total. The Kier molecular flexibility index (Phi) is 12.9. The van der Waals surface area contributed by atoms with Gasteiger partial charge in [-0.1, -0.05) is 84.9 Å². The summed E-state index contributed by atoms with van der Waals surface area (Å²) in [5, 5.41) is 23.2. The van der Waals surface area contributed by atoms with E-state index in [1.807, 2.05) is 66.1 Å². The molecule has 0 aliphatic carbocycles. The molecule has 7 rings (SSSR count). The van der Waals surface area contributed by atoms with Gasteiger partial charge in [0.05, 0.1) is 7.11 Å². The van der Waals surface area contributed by atoms with Crippen molar-refractivity contribution in [2.45, 2.75) is 55.1 Å². The van der Waals surface area contributed by atoms with E-state index >= 15 is 0 Å². The summed E-state index contributed by atoms with van der Waals surface area (Å²) in [7, 11) is 1.60. The van der Waals surface area contributed by atoms with Crippen molar-refractivity contribution in [3.8, 4) is 22.6 Å². The van der Waals surface area contributed by atoms with Crippen molar-refractivity contribution >= 4 is 41.4 Å². The van der Waals surface area contributed by atoms with Crippen LogP contribution in [0.3, 0.4) is 0 Å². The van der Waals surface area contributed by atoms with Gasteiger partial charge in [-0.2, -0.15) is 0 Å². The number of ether oxygens (including phenoxy) is 2. The summed E-state index contributed by atoms with van der Waals surface area (Å²) < 4.78 is 10.9. The van der Waals surface area contributed by atoms with E-state index in [2.05, 4.69) is 21.3 Å². The van der Waals surface area contributed by atoms with Gasteiger partial charge in [0.25, 0.3) is 5.91 Å². The average molecular weight is 763 g/mol. The predicted molar refractivity (Wildman–Crippen MR) is 208 cm³/mol. The van der Waals surface area contributed by atoms with Crippen LogP contribution in [0.15, 0.2) is 115 Å². The van der Waals surface area contributed by atoms with Crippen molar-refractivity contribution in [2.75, 3.05) is 13.7 Å². The number of rotatable bonds is 9. The van der Waals surface area contributed by atoms with E-state index in [1.165, 1.54) is 24.3 Å². The number of benzene rings is 4. The third kappa shape index (κ3) is 10.5. The number of carbonyl (C=O) groups is 5. The van der Waals surface area contributed by atoms with Gasteiger partial charge in [0.2, 0.25) is 17.7 Å². The van der Waals surface area contributed by atoms with Crippen molar-refractivity contribution in [1.29, 1.82) is 0 Å². The molecule has 5 N–H and O–H groups in total. The Balaban J connectivity index is 1.33. The standard InChI is InChI=1S/C42H42N4O8S/c1-53-31-17-13-29(14-18-31)28-11-9-27(10-12-28)23-34-39(48)45-35(22-26-6-3-2-4-7-26)41(50)46-38(42(51)52)30-15-19-32(20-16-30)54-25-37(47)43-36(40(49)44-34)24-33-8-5-21-55-33/h2-7,9-21,33-36,38H,8,22-25H2,1H3,(H,43,47)(H,44,49)(H,45,48)(H,46,50)(H,51,52)/t33?,34-,35-,36-,38?/m0/s1. The molecule has 4 amide bonds. The van der Waals surface area contributed by atoms with Crippen LogP contribution in [0.2, 0.25) is 0 Å². The number of carbonyl (C=O) groups excluding carboxylic acids is 4. The quantitative estimate of drug-likeness (QED) is 0.156. The zero-order valence-corrected chi connectivity index (χ0v) is 30.9. The number of hydrogen-bond acceptors (Lipinski definition) is 8. The number of amides is 4. The summed E-state index contributed by atoms with van der Waals surface area (Å²) >= 11 is 1.56. The molecule has 4 aromatic carbocycles. The van der Waals surface area contributed by atoms with Gasteiger partial charge in [-0.05, 0) is 70.3 Å². The molecule has 0 fully saturated rings. The summed E-state index contributed by atoms with van der Waals surface area (Å²) in [6.45, 7) is -0.413. The van der Waals surface area contributed by atoms with E-state index in [0.29, 0.717) is 18.6 Å². The molecule has 13 heteroatoms. The summed E-state index contributed by atoms with van der Waals surface area (Å²) in [5.41, 5.74) is 3.59. The Hall–Kier alpha value is -6.08. The van der Waals surface area contributed by atoms with Crippen molar-refractivity contribution < 1.29 is 38.6 Å². The topological polar surface area (TPSA) is 172 Å². The van der Waals surface area contributed by atoms with Gasteiger partial charge in [0.1, 0.15) is 29.6 Å². The Morgan fingerprint density at radius 3 is 1.89 bits per heavy atom. The number of carboxylic acid groups (broad SMARTS) is 1. The van der Waals surface area contributed by atoms with Crippen LogP contribution in [0.25, 0.3) is 11.1 Å². The Bertz CT molecular complexity index is 2000. The first-order valence-electron chi connectivity index (χ1n) is 17.9. The molecule has 2 bridgehead atoms. The van der Waals surface area contributed by atoms with Crippen LogP contribution >= 0.6 is 11.8 Å². The van der Waals surface area contributed by atoms with Gasteiger partial charge in [-0.25, -0.2) is 4.79 Å². The molecular formula is C42H42N4O8S. The second kappa shape index (κ2) is 18.3. The molecule has 0 saturated heterocycles. The van der Waals surface area contributed by atoms with Gasteiger partial charge >= 0.3 is 5.97 Å². The van der Waals surface area contributed by atoms with E-state index in [4.69, 9.17) is 9.47 Å². The van der Waals surface area contributed by atoms with E-state index in [9.17, 15) is 29.1 Å². The number of carboxylic acids is 1. The van der Waals surface area contributed by atoms with Crippen LogP contribution in [0.1, 0.15) is 35.6 Å². The molecule has 4 aromatic rings. The molecule has 0 saturated carbocycles. The number of nitrogens with one attached hydrogen (secondary N) is 4. The smallest absolute Gasteiger partial charge is 0.330 e. The molecule has 284 valence electrons. The number of fused-ring (bicyclic) bond motifs is 15. The minimum Gasteiger partial charge on any atom is -0.497 e. The normalized spacial score (nSPS) is 21.9. The highest BCUT2D eigenvalue weighted by atomic mass is 32.2. The minimum absolute atomic E-state index is 0.0290. The summed E-state index contributed by atoms with van der Waals surface area (Å²) in [4.78, 5) is 68.0. The highest BCUT2D eigenvalue weighted by molar-refractivity contribution is 8.03. The monoisotopic (exact) mass is 762 g/mol. The number of allylic oxidation sites excluding steroid dienone is 1. The van der Waals surface area contributed by atoms with Gasteiger partial charge in [-0.15, -0.1) is 11.8 Å². The van der Waals surface area contributed by atoms with Gasteiger partial charge in [0.15, 0.2) is 12.6 Å². The maximum Gasteiger partial charge on any atom is 0.330 e. The fourth-order valence-corrected chi connectivity index (χ4v) is 7.38. The predicted octanol–water partition coefficient (Wildman–Crippen LogP) is 4.35. The van der Waals surface area contributed by atoms with E-state index < -0.39 is 60.4 Å². The fourth-order valence-electron chi connectivity index (χ4n) is 6.41. The number of thioether (sulfide) groups is 1. The SMILES string of the molecule is COc1ccc(-c2ccc(C[C@@H]3NC(=O)[C@H](CC4CC=CS4)NC(=O)COc4ccc(cc4)C(C(=O)O)NC(=O)[C@H](Cc4ccccc4)NC3=O)cc2)cc1. The minimum atomic E-state index is -1.46. The Labute approximate surface area is 323 Å². The van der Waals surface area contributed by atoms with Crippen molar-refractivity contribution in [1.82, 2.24) is 21.3 Å². The zero-order chi connectivity index (χ0) is 38.7. The molecule has 3 aliphatic heterocycles. The van der Waals surface area contributed by atoms with E-state index in [1.54, 1.807) is 43.1 Å². The number of aliphatic carboxylic acids is 1. The van der Waals surface area contributed by atoms with Crippen LogP contribution in [0.5, 0.6) is 11.5 Å². The van der Waals surface area contributed by atoms with Gasteiger partial charge in [0, 0.05) is 18.1 Å². The molecule has 0 aromatic heterocycles. The second-order valence-electron chi connectivity index (χ2n) is 13.3. The highest BCUT2D eigenvalue weighted by Gasteiger charge is 2.33. The van der Waals surface area contributed by atoms with Gasteiger partial charge in [-0.3, -0.25) is 19.2 Å². The van der Waals surface area contributed by atoms with Crippen molar-refractivity contribution in [2.24, 2.45) is 0 Å². The molecule has 0 radical (unpaired) electrons. The largest absolute Gasteiger partial charge is 0.497 e. The third-order valence-electron chi connectivity index (χ3n) is 9.40. The lowest BCUT2D eigenvalue weighted by molar-refractivity contribution is -0.142. The molecule has 5 atom stereocenters. The van der Waals surface area contributed by atoms with Crippen LogP contribution in [-0.2, 0) is 36.8 Å². The summed E-state index contributed by atoms with van der Waals surface area (Å²) in [6, 6.07) is 25.3. The first kappa shape index (κ1) is 38.6. The maximum atomic E-state index is 14.3. The average Bonchev–Trinajstić information content (AvgIpc) is 3.72. The second-order valence-corrected chi connectivity index (χ2v) is 14.5.